The monoisotopic (exact) mass is 425 g/mol. The summed E-state index contributed by atoms with van der Waals surface area (Å²) in [6, 6.07) is 15.5. The molecule has 0 aromatic heterocycles. The maximum absolute atomic E-state index is 13.0. The minimum Gasteiger partial charge on any atom is -0.481 e. The number of rotatable bonds is 9. The molecular weight excluding hydrogens is 397 g/mol. The van der Waals surface area contributed by atoms with Crippen LogP contribution in [0.25, 0.3) is 6.08 Å². The number of carbonyl (C=O) groups excluding carboxylic acids is 1. The first-order valence-electron chi connectivity index (χ1n) is 10.4. The number of aliphatic carboxylic acids is 1. The molecule has 1 aliphatic rings. The summed E-state index contributed by atoms with van der Waals surface area (Å²) < 4.78 is 13.0. The fraction of sp³-hybridized carbons (Fsp3) is 0.333. The standard InChI is InChI=1S/C24H28FN3O3/c25-21-8-10-22(11-9-21)26-23(29)17-20(24(30)31)18-28-15-13-27(14-16-28)12-4-7-19-5-2-1-3-6-19/h1-11,20H,12-18H2,(H,26,29)(H,30,31)/b7-4+/t20-/m0/s1. The number of halogens is 1. The van der Waals surface area contributed by atoms with Crippen LogP contribution >= 0.6 is 0 Å². The van der Waals surface area contributed by atoms with Crippen molar-refractivity contribution in [1.82, 2.24) is 9.80 Å². The van der Waals surface area contributed by atoms with Crippen LogP contribution in [-0.4, -0.2) is 66.1 Å². The van der Waals surface area contributed by atoms with Crippen molar-refractivity contribution in [2.75, 3.05) is 44.6 Å². The van der Waals surface area contributed by atoms with Gasteiger partial charge in [-0.05, 0) is 29.8 Å². The number of nitrogens with one attached hydrogen (secondary N) is 1. The van der Waals surface area contributed by atoms with Crippen molar-refractivity contribution in [3.05, 3.63) is 72.1 Å². The Bertz CT molecular complexity index is 879. The zero-order valence-electron chi connectivity index (χ0n) is 17.4. The fourth-order valence-corrected chi connectivity index (χ4v) is 3.57. The highest BCUT2D eigenvalue weighted by Gasteiger charge is 2.26. The van der Waals surface area contributed by atoms with E-state index >= 15 is 0 Å². The summed E-state index contributed by atoms with van der Waals surface area (Å²) in [4.78, 5) is 28.3. The number of carbonyl (C=O) groups is 2. The molecule has 31 heavy (non-hydrogen) atoms. The number of piperazine rings is 1. The summed E-state index contributed by atoms with van der Waals surface area (Å²) >= 11 is 0. The van der Waals surface area contributed by atoms with E-state index < -0.39 is 17.7 Å². The van der Waals surface area contributed by atoms with Crippen LogP contribution in [0.5, 0.6) is 0 Å². The van der Waals surface area contributed by atoms with Crippen molar-refractivity contribution in [3.8, 4) is 0 Å². The van der Waals surface area contributed by atoms with Crippen LogP contribution in [0.3, 0.4) is 0 Å². The highest BCUT2D eigenvalue weighted by atomic mass is 19.1. The summed E-state index contributed by atoms with van der Waals surface area (Å²) in [7, 11) is 0. The first-order chi connectivity index (χ1) is 15.0. The van der Waals surface area contributed by atoms with Gasteiger partial charge in [-0.2, -0.15) is 0 Å². The van der Waals surface area contributed by atoms with Crippen LogP contribution in [0.2, 0.25) is 0 Å². The number of benzene rings is 2. The van der Waals surface area contributed by atoms with Crippen molar-refractivity contribution in [1.29, 1.82) is 0 Å². The molecule has 0 spiro atoms. The Kier molecular flexibility index (Phi) is 8.32. The number of amides is 1. The largest absolute Gasteiger partial charge is 0.481 e. The average molecular weight is 426 g/mol. The lowest BCUT2D eigenvalue weighted by molar-refractivity contribution is -0.144. The number of carboxylic acids is 1. The second-order valence-electron chi connectivity index (χ2n) is 7.71. The SMILES string of the molecule is O=C(C[C@@H](CN1CCN(C/C=C/c2ccccc2)CC1)C(=O)O)Nc1ccc(F)cc1. The summed E-state index contributed by atoms with van der Waals surface area (Å²) in [6.45, 7) is 4.43. The fourth-order valence-electron chi connectivity index (χ4n) is 3.57. The molecule has 7 heteroatoms. The Morgan fingerprint density at radius 3 is 2.29 bits per heavy atom. The van der Waals surface area contributed by atoms with Gasteiger partial charge in [0.2, 0.25) is 5.91 Å². The topological polar surface area (TPSA) is 72.9 Å². The van der Waals surface area contributed by atoms with Gasteiger partial charge in [-0.15, -0.1) is 0 Å². The molecule has 0 bridgehead atoms. The molecule has 1 fully saturated rings. The van der Waals surface area contributed by atoms with Gasteiger partial charge in [0.05, 0.1) is 5.92 Å². The molecule has 1 amide bonds. The third kappa shape index (κ3) is 7.62. The van der Waals surface area contributed by atoms with Gasteiger partial charge in [0.25, 0.3) is 0 Å². The summed E-state index contributed by atoms with van der Waals surface area (Å²) in [5.41, 5.74) is 1.62. The van der Waals surface area contributed by atoms with Crippen molar-refractivity contribution >= 4 is 23.6 Å². The van der Waals surface area contributed by atoms with E-state index in [0.29, 0.717) is 12.2 Å². The Labute approximate surface area is 182 Å². The lowest BCUT2D eigenvalue weighted by Gasteiger charge is -2.35. The van der Waals surface area contributed by atoms with Gasteiger partial charge in [0.15, 0.2) is 0 Å². The van der Waals surface area contributed by atoms with Gasteiger partial charge >= 0.3 is 5.97 Å². The summed E-state index contributed by atoms with van der Waals surface area (Å²) in [5.74, 6) is -2.55. The molecule has 1 saturated heterocycles. The molecule has 1 aliphatic heterocycles. The Hall–Kier alpha value is -3.03. The van der Waals surface area contributed by atoms with E-state index in [0.717, 1.165) is 32.7 Å². The van der Waals surface area contributed by atoms with Gasteiger partial charge in [-0.1, -0.05) is 42.5 Å². The molecule has 1 atom stereocenters. The highest BCUT2D eigenvalue weighted by Crippen LogP contribution is 2.14. The van der Waals surface area contributed by atoms with E-state index in [-0.39, 0.29) is 12.3 Å². The first kappa shape index (κ1) is 22.7. The van der Waals surface area contributed by atoms with Gasteiger partial charge in [0, 0.05) is 51.4 Å². The third-order valence-corrected chi connectivity index (χ3v) is 5.33. The first-order valence-corrected chi connectivity index (χ1v) is 10.4. The number of hydrogen-bond donors (Lipinski definition) is 2. The Morgan fingerprint density at radius 1 is 1.00 bits per heavy atom. The molecule has 3 rings (SSSR count). The van der Waals surface area contributed by atoms with Crippen LogP contribution in [0.15, 0.2) is 60.7 Å². The molecular formula is C24H28FN3O3. The minimum atomic E-state index is -0.984. The number of nitrogens with zero attached hydrogens (tertiary/aromatic N) is 2. The van der Waals surface area contributed by atoms with Crippen molar-refractivity contribution < 1.29 is 19.1 Å². The predicted octanol–water partition coefficient (Wildman–Crippen LogP) is 3.19. The quantitative estimate of drug-likeness (QED) is 0.646. The second kappa shape index (κ2) is 11.4. The molecule has 6 nitrogen and oxygen atoms in total. The van der Waals surface area contributed by atoms with E-state index in [1.165, 1.54) is 29.8 Å². The second-order valence-corrected chi connectivity index (χ2v) is 7.71. The Morgan fingerprint density at radius 2 is 1.65 bits per heavy atom. The van der Waals surface area contributed by atoms with Crippen LogP contribution < -0.4 is 5.32 Å². The van der Waals surface area contributed by atoms with Gasteiger partial charge in [0.1, 0.15) is 5.82 Å². The number of anilines is 1. The zero-order valence-corrected chi connectivity index (χ0v) is 17.4. The van der Waals surface area contributed by atoms with Crippen LogP contribution in [0, 0.1) is 11.7 Å². The zero-order chi connectivity index (χ0) is 22.1. The third-order valence-electron chi connectivity index (χ3n) is 5.33. The average Bonchev–Trinajstić information content (AvgIpc) is 2.77. The molecule has 2 aromatic rings. The number of carboxylic acid groups (broad SMARTS) is 1. The maximum Gasteiger partial charge on any atom is 0.308 e. The van der Waals surface area contributed by atoms with E-state index in [9.17, 15) is 19.1 Å². The van der Waals surface area contributed by atoms with E-state index in [1.807, 2.05) is 18.2 Å². The van der Waals surface area contributed by atoms with Crippen LogP contribution in [0.1, 0.15) is 12.0 Å². The molecule has 2 N–H and O–H groups in total. The molecule has 2 aromatic carbocycles. The lowest BCUT2D eigenvalue weighted by Crippen LogP contribution is -2.48. The van der Waals surface area contributed by atoms with Gasteiger partial charge < -0.3 is 10.4 Å². The number of hydrogen-bond acceptors (Lipinski definition) is 4. The lowest BCUT2D eigenvalue weighted by atomic mass is 10.0. The van der Waals surface area contributed by atoms with Gasteiger partial charge in [-0.25, -0.2) is 4.39 Å². The maximum atomic E-state index is 13.0. The molecule has 0 aliphatic carbocycles. The van der Waals surface area contributed by atoms with Gasteiger partial charge in [-0.3, -0.25) is 19.4 Å². The molecule has 1 heterocycles. The molecule has 164 valence electrons. The smallest absolute Gasteiger partial charge is 0.308 e. The molecule has 0 unspecified atom stereocenters. The molecule has 0 saturated carbocycles. The normalized spacial score (nSPS) is 16.3. The van der Waals surface area contributed by atoms with E-state index in [2.05, 4.69) is 39.4 Å². The minimum absolute atomic E-state index is 0.118. The van der Waals surface area contributed by atoms with Crippen LogP contribution in [0.4, 0.5) is 10.1 Å². The highest BCUT2D eigenvalue weighted by molar-refractivity contribution is 5.93. The van der Waals surface area contributed by atoms with E-state index in [1.54, 1.807) is 0 Å². The van der Waals surface area contributed by atoms with Crippen molar-refractivity contribution in [2.45, 2.75) is 6.42 Å². The van der Waals surface area contributed by atoms with Crippen molar-refractivity contribution in [2.24, 2.45) is 5.92 Å². The van der Waals surface area contributed by atoms with Crippen molar-refractivity contribution in [3.63, 3.8) is 0 Å². The Balaban J connectivity index is 1.42. The molecule has 0 radical (unpaired) electrons. The summed E-state index contributed by atoms with van der Waals surface area (Å²) in [5, 5.41) is 12.2. The van der Waals surface area contributed by atoms with Crippen LogP contribution in [-0.2, 0) is 9.59 Å². The predicted molar refractivity (Wildman–Crippen MR) is 119 cm³/mol. The summed E-state index contributed by atoms with van der Waals surface area (Å²) in [6.07, 6.45) is 4.13. The van der Waals surface area contributed by atoms with E-state index in [4.69, 9.17) is 0 Å².